The maximum Gasteiger partial charge on any atom is 1.00 e. The van der Waals surface area contributed by atoms with E-state index < -0.39 is 8.77 Å². The molecule has 0 aliphatic heterocycles. The zero-order chi connectivity index (χ0) is 5.21. The minimum Gasteiger partial charge on any atom is -0.769 e. The predicted molar refractivity (Wildman–Crippen MR) is 30.4 cm³/mol. The SMILES string of the molecule is CCS(=O)([O-])=S.O.[Na+]. The standard InChI is InChI=1S/C2H6O2S2.Na.H2O/c1-2-6(3,4)5;;/h2H2,1H3,(H,3,4,5);;1H2/q;+1;/p-1. The summed E-state index contributed by atoms with van der Waals surface area (Å²) >= 11 is 3.96. The van der Waals surface area contributed by atoms with Gasteiger partial charge in [-0.05, 0) is 20.0 Å². The van der Waals surface area contributed by atoms with Crippen LogP contribution in [0.2, 0.25) is 0 Å². The van der Waals surface area contributed by atoms with Crippen LogP contribution in [0, 0.1) is 0 Å². The summed E-state index contributed by atoms with van der Waals surface area (Å²) in [5, 5.41) is 0. The van der Waals surface area contributed by atoms with Gasteiger partial charge in [0.1, 0.15) is 0 Å². The largest absolute Gasteiger partial charge is 1.00 e. The summed E-state index contributed by atoms with van der Waals surface area (Å²) < 4.78 is 19.6. The van der Waals surface area contributed by atoms with E-state index in [9.17, 15) is 8.76 Å². The molecule has 0 amide bonds. The molecular weight excluding hydrogens is 159 g/mol. The van der Waals surface area contributed by atoms with Crippen LogP contribution >= 0.6 is 0 Å². The topological polar surface area (TPSA) is 71.6 Å². The average Bonchev–Trinajstić information content (AvgIpc) is 1.35. The van der Waals surface area contributed by atoms with E-state index in [2.05, 4.69) is 11.2 Å². The van der Waals surface area contributed by atoms with Gasteiger partial charge in [0.05, 0.1) is 0 Å². The van der Waals surface area contributed by atoms with Crippen molar-refractivity contribution in [1.29, 1.82) is 0 Å². The van der Waals surface area contributed by atoms with Crippen molar-refractivity contribution in [2.45, 2.75) is 6.92 Å². The molecule has 0 heterocycles. The fraction of sp³-hybridized carbons (Fsp3) is 1.00. The number of rotatable bonds is 1. The maximum atomic E-state index is 9.81. The predicted octanol–water partition coefficient (Wildman–Crippen LogP) is -3.94. The summed E-state index contributed by atoms with van der Waals surface area (Å²) in [5.41, 5.74) is 0. The third-order valence-electron chi connectivity index (χ3n) is 0.354. The fourth-order valence-electron chi connectivity index (χ4n) is 0. The van der Waals surface area contributed by atoms with Crippen LogP contribution in [-0.4, -0.2) is 20.0 Å². The molecular formula is C2H7NaO3S2. The first-order valence-corrected chi connectivity index (χ1v) is 4.07. The molecule has 0 aliphatic rings. The van der Waals surface area contributed by atoms with Crippen LogP contribution in [-0.2, 0) is 20.0 Å². The Balaban J connectivity index is -0.000000125. The molecule has 6 heteroatoms. The van der Waals surface area contributed by atoms with E-state index in [4.69, 9.17) is 0 Å². The van der Waals surface area contributed by atoms with Crippen LogP contribution in [0.5, 0.6) is 0 Å². The normalized spacial score (nSPS) is 14.8. The molecule has 0 fully saturated rings. The van der Waals surface area contributed by atoms with Crippen LogP contribution in [0.1, 0.15) is 6.92 Å². The Morgan fingerprint density at radius 1 is 1.75 bits per heavy atom. The van der Waals surface area contributed by atoms with Crippen LogP contribution in [0.4, 0.5) is 0 Å². The van der Waals surface area contributed by atoms with Gasteiger partial charge in [-0.2, -0.15) is 0 Å². The Hall–Kier alpha value is 1.29. The molecule has 0 aromatic rings. The zero-order valence-electron chi connectivity index (χ0n) is 4.84. The quantitative estimate of drug-likeness (QED) is 0.373. The van der Waals surface area contributed by atoms with Gasteiger partial charge in [-0.1, -0.05) is 6.92 Å². The summed E-state index contributed by atoms with van der Waals surface area (Å²) in [5.74, 6) is 0.0579. The third kappa shape index (κ3) is 15.7. The molecule has 0 radical (unpaired) electrons. The van der Waals surface area contributed by atoms with Crippen LogP contribution in [0.3, 0.4) is 0 Å². The summed E-state index contributed by atoms with van der Waals surface area (Å²) in [6.07, 6.45) is 0. The van der Waals surface area contributed by atoms with E-state index in [-0.39, 0.29) is 40.8 Å². The van der Waals surface area contributed by atoms with E-state index in [1.54, 1.807) is 0 Å². The summed E-state index contributed by atoms with van der Waals surface area (Å²) in [4.78, 5) is 0. The smallest absolute Gasteiger partial charge is 0.769 e. The monoisotopic (exact) mass is 166 g/mol. The fourth-order valence-corrected chi connectivity index (χ4v) is 0. The van der Waals surface area contributed by atoms with Crippen molar-refractivity contribution >= 4 is 20.0 Å². The Labute approximate surface area is 76.0 Å². The first kappa shape index (κ1) is 16.1. The van der Waals surface area contributed by atoms with Crippen molar-refractivity contribution < 1.29 is 43.8 Å². The van der Waals surface area contributed by atoms with Gasteiger partial charge in [-0.15, -0.1) is 0 Å². The van der Waals surface area contributed by atoms with Gasteiger partial charge < -0.3 is 10.0 Å². The molecule has 46 valence electrons. The average molecular weight is 166 g/mol. The van der Waals surface area contributed by atoms with Crippen molar-refractivity contribution in [2.24, 2.45) is 0 Å². The molecule has 1 atom stereocenters. The Morgan fingerprint density at radius 2 is 1.88 bits per heavy atom. The number of hydrogen-bond acceptors (Lipinski definition) is 3. The maximum absolute atomic E-state index is 9.81. The summed E-state index contributed by atoms with van der Waals surface area (Å²) in [6, 6.07) is 0. The van der Waals surface area contributed by atoms with E-state index >= 15 is 0 Å². The number of hydrogen-bond donors (Lipinski definition) is 0. The molecule has 0 spiro atoms. The van der Waals surface area contributed by atoms with Gasteiger partial charge in [-0.3, -0.25) is 4.21 Å². The molecule has 0 rings (SSSR count). The molecule has 0 aromatic carbocycles. The molecule has 1 unspecified atom stereocenters. The molecule has 3 nitrogen and oxygen atoms in total. The summed E-state index contributed by atoms with van der Waals surface area (Å²) in [7, 11) is -3.08. The van der Waals surface area contributed by atoms with Gasteiger partial charge in [0.25, 0.3) is 0 Å². The third-order valence-corrected chi connectivity index (χ3v) is 1.77. The minimum absolute atomic E-state index is 0. The van der Waals surface area contributed by atoms with Crippen LogP contribution < -0.4 is 29.6 Å². The van der Waals surface area contributed by atoms with E-state index in [1.807, 2.05) is 0 Å². The second-order valence-corrected chi connectivity index (χ2v) is 4.06. The van der Waals surface area contributed by atoms with E-state index in [0.717, 1.165) is 0 Å². The van der Waals surface area contributed by atoms with Crippen molar-refractivity contribution in [3.63, 3.8) is 0 Å². The Kier molecular flexibility index (Phi) is 12.9. The van der Waals surface area contributed by atoms with Gasteiger partial charge in [-0.25, -0.2) is 0 Å². The van der Waals surface area contributed by atoms with Crippen molar-refractivity contribution in [1.82, 2.24) is 0 Å². The van der Waals surface area contributed by atoms with Crippen LogP contribution in [0.15, 0.2) is 0 Å². The molecule has 0 aliphatic carbocycles. The van der Waals surface area contributed by atoms with Crippen molar-refractivity contribution in [3.05, 3.63) is 0 Å². The van der Waals surface area contributed by atoms with Crippen molar-refractivity contribution in [3.8, 4) is 0 Å². The summed E-state index contributed by atoms with van der Waals surface area (Å²) in [6.45, 7) is 1.52. The second kappa shape index (κ2) is 6.41. The Morgan fingerprint density at radius 3 is 1.88 bits per heavy atom. The zero-order valence-corrected chi connectivity index (χ0v) is 8.47. The molecule has 2 N–H and O–H groups in total. The van der Waals surface area contributed by atoms with Gasteiger partial charge >= 0.3 is 29.6 Å². The van der Waals surface area contributed by atoms with Crippen LogP contribution in [0.25, 0.3) is 0 Å². The minimum atomic E-state index is -3.08. The van der Waals surface area contributed by atoms with Gasteiger partial charge in [0, 0.05) is 5.75 Å². The molecule has 0 saturated heterocycles. The molecule has 8 heavy (non-hydrogen) atoms. The van der Waals surface area contributed by atoms with Gasteiger partial charge in [0.2, 0.25) is 0 Å². The van der Waals surface area contributed by atoms with E-state index in [0.29, 0.717) is 0 Å². The van der Waals surface area contributed by atoms with Gasteiger partial charge in [0.15, 0.2) is 0 Å². The van der Waals surface area contributed by atoms with E-state index in [1.165, 1.54) is 6.92 Å². The second-order valence-electron chi connectivity index (χ2n) is 0.846. The Bertz CT molecular complexity index is 117. The first-order chi connectivity index (χ1) is 2.56. The first-order valence-electron chi connectivity index (χ1n) is 1.50. The molecule has 0 aromatic heterocycles. The van der Waals surface area contributed by atoms with Crippen molar-refractivity contribution in [2.75, 3.05) is 5.75 Å². The molecule has 0 bridgehead atoms. The molecule has 0 saturated carbocycles.